The summed E-state index contributed by atoms with van der Waals surface area (Å²) >= 11 is 5.87. The Balaban J connectivity index is 1.78. The molecule has 0 saturated carbocycles. The molecule has 1 amide bonds. The van der Waals surface area contributed by atoms with Crippen molar-refractivity contribution in [1.82, 2.24) is 5.16 Å². The first-order chi connectivity index (χ1) is 10.2. The lowest BCUT2D eigenvalue weighted by Gasteiger charge is -2.02. The van der Waals surface area contributed by atoms with E-state index in [1.807, 2.05) is 30.3 Å². The molecular weight excluding hydrogens is 288 g/mol. The molecule has 1 heterocycles. The average molecular weight is 299 g/mol. The molecule has 0 bridgehead atoms. The van der Waals surface area contributed by atoms with E-state index in [0.29, 0.717) is 16.4 Å². The van der Waals surface area contributed by atoms with Gasteiger partial charge in [0.05, 0.1) is 0 Å². The molecule has 104 valence electrons. The standard InChI is InChI=1S/C16H11ClN2O2/c17-12-7-4-8-13(9-12)18-16(20)15-10-14(19-21-15)11-5-2-1-3-6-11/h1-10H,(H,18,20). The summed E-state index contributed by atoms with van der Waals surface area (Å²) in [6.07, 6.45) is 0. The van der Waals surface area contributed by atoms with Crippen molar-refractivity contribution in [3.05, 3.63) is 71.4 Å². The molecule has 2 aromatic carbocycles. The van der Waals surface area contributed by atoms with Gasteiger partial charge >= 0.3 is 0 Å². The van der Waals surface area contributed by atoms with E-state index >= 15 is 0 Å². The van der Waals surface area contributed by atoms with E-state index in [-0.39, 0.29) is 11.7 Å². The summed E-state index contributed by atoms with van der Waals surface area (Å²) in [5.41, 5.74) is 2.11. The maximum Gasteiger partial charge on any atom is 0.294 e. The number of nitrogens with one attached hydrogen (secondary N) is 1. The van der Waals surface area contributed by atoms with E-state index in [2.05, 4.69) is 10.5 Å². The lowest BCUT2D eigenvalue weighted by atomic mass is 10.1. The van der Waals surface area contributed by atoms with Crippen LogP contribution in [0.1, 0.15) is 10.6 Å². The Labute approximate surface area is 126 Å². The molecule has 0 radical (unpaired) electrons. The number of carbonyl (C=O) groups excluding carboxylic acids is 1. The van der Waals surface area contributed by atoms with Gasteiger partial charge in [-0.2, -0.15) is 0 Å². The van der Waals surface area contributed by atoms with Crippen LogP contribution in [0.25, 0.3) is 11.3 Å². The third-order valence-corrected chi connectivity index (χ3v) is 3.12. The minimum atomic E-state index is -0.369. The van der Waals surface area contributed by atoms with Crippen molar-refractivity contribution in [2.75, 3.05) is 5.32 Å². The van der Waals surface area contributed by atoms with Crippen LogP contribution in [0.3, 0.4) is 0 Å². The second-order valence-corrected chi connectivity index (χ2v) is 4.84. The fourth-order valence-corrected chi connectivity index (χ4v) is 2.08. The maximum atomic E-state index is 12.1. The summed E-state index contributed by atoms with van der Waals surface area (Å²) in [6, 6.07) is 18.0. The lowest BCUT2D eigenvalue weighted by Crippen LogP contribution is -2.10. The zero-order valence-electron chi connectivity index (χ0n) is 10.9. The number of halogens is 1. The monoisotopic (exact) mass is 298 g/mol. The van der Waals surface area contributed by atoms with Gasteiger partial charge in [-0.15, -0.1) is 0 Å². The molecule has 3 aromatic rings. The van der Waals surface area contributed by atoms with Gasteiger partial charge in [0.1, 0.15) is 5.69 Å². The molecule has 0 fully saturated rings. The van der Waals surface area contributed by atoms with Gasteiger partial charge in [-0.25, -0.2) is 0 Å². The van der Waals surface area contributed by atoms with Crippen molar-refractivity contribution in [1.29, 1.82) is 0 Å². The van der Waals surface area contributed by atoms with Gasteiger partial charge in [0, 0.05) is 22.3 Å². The molecule has 0 unspecified atom stereocenters. The molecule has 0 atom stereocenters. The SMILES string of the molecule is O=C(Nc1cccc(Cl)c1)c1cc(-c2ccccc2)no1. The Morgan fingerprint density at radius 3 is 2.62 bits per heavy atom. The van der Waals surface area contributed by atoms with Crippen LogP contribution in [-0.4, -0.2) is 11.1 Å². The molecule has 21 heavy (non-hydrogen) atoms. The van der Waals surface area contributed by atoms with Crippen LogP contribution in [-0.2, 0) is 0 Å². The summed E-state index contributed by atoms with van der Waals surface area (Å²) in [5.74, 6) is -0.222. The number of nitrogens with zero attached hydrogens (tertiary/aromatic N) is 1. The predicted molar refractivity (Wildman–Crippen MR) is 81.3 cm³/mol. The highest BCUT2D eigenvalue weighted by molar-refractivity contribution is 6.30. The van der Waals surface area contributed by atoms with E-state index in [1.165, 1.54) is 0 Å². The highest BCUT2D eigenvalue weighted by atomic mass is 35.5. The molecule has 0 aliphatic carbocycles. The van der Waals surface area contributed by atoms with Crippen LogP contribution in [0.5, 0.6) is 0 Å². The molecule has 4 nitrogen and oxygen atoms in total. The van der Waals surface area contributed by atoms with Gasteiger partial charge in [0.2, 0.25) is 5.76 Å². The van der Waals surface area contributed by atoms with Crippen LogP contribution in [0, 0.1) is 0 Å². The average Bonchev–Trinajstić information content (AvgIpc) is 2.98. The molecule has 0 aliphatic rings. The Kier molecular flexibility index (Phi) is 3.71. The number of aromatic nitrogens is 1. The Morgan fingerprint density at radius 1 is 1.05 bits per heavy atom. The highest BCUT2D eigenvalue weighted by Crippen LogP contribution is 2.20. The summed E-state index contributed by atoms with van der Waals surface area (Å²) < 4.78 is 5.09. The van der Waals surface area contributed by atoms with Crippen molar-refractivity contribution in [3.8, 4) is 11.3 Å². The van der Waals surface area contributed by atoms with Crippen molar-refractivity contribution >= 4 is 23.2 Å². The lowest BCUT2D eigenvalue weighted by molar-refractivity contribution is 0.0988. The summed E-state index contributed by atoms with van der Waals surface area (Å²) in [7, 11) is 0. The first kappa shape index (κ1) is 13.4. The second kappa shape index (κ2) is 5.81. The third-order valence-electron chi connectivity index (χ3n) is 2.89. The first-order valence-corrected chi connectivity index (χ1v) is 6.69. The molecule has 0 aliphatic heterocycles. The number of hydrogen-bond acceptors (Lipinski definition) is 3. The van der Waals surface area contributed by atoms with E-state index < -0.39 is 0 Å². The summed E-state index contributed by atoms with van der Waals surface area (Å²) in [4.78, 5) is 12.1. The molecule has 3 rings (SSSR count). The largest absolute Gasteiger partial charge is 0.350 e. The van der Waals surface area contributed by atoms with Gasteiger partial charge in [0.15, 0.2) is 0 Å². The van der Waals surface area contributed by atoms with Crippen LogP contribution in [0.15, 0.2) is 65.2 Å². The van der Waals surface area contributed by atoms with E-state index in [9.17, 15) is 4.79 Å². The topological polar surface area (TPSA) is 55.1 Å². The Hall–Kier alpha value is -2.59. The Morgan fingerprint density at radius 2 is 1.86 bits per heavy atom. The second-order valence-electron chi connectivity index (χ2n) is 4.41. The Bertz CT molecular complexity index is 769. The number of hydrogen-bond donors (Lipinski definition) is 1. The third kappa shape index (κ3) is 3.12. The van der Waals surface area contributed by atoms with Crippen LogP contribution in [0.4, 0.5) is 5.69 Å². The van der Waals surface area contributed by atoms with E-state index in [1.54, 1.807) is 30.3 Å². The van der Waals surface area contributed by atoms with Gasteiger partial charge in [-0.05, 0) is 18.2 Å². The number of anilines is 1. The zero-order chi connectivity index (χ0) is 14.7. The zero-order valence-corrected chi connectivity index (χ0v) is 11.7. The molecule has 0 spiro atoms. The minimum Gasteiger partial charge on any atom is -0.350 e. The molecule has 0 saturated heterocycles. The molecule has 1 N–H and O–H groups in total. The normalized spacial score (nSPS) is 10.3. The number of carbonyl (C=O) groups is 1. The molecule has 1 aromatic heterocycles. The van der Waals surface area contributed by atoms with Gasteiger partial charge < -0.3 is 9.84 Å². The fourth-order valence-electron chi connectivity index (χ4n) is 1.89. The van der Waals surface area contributed by atoms with Gasteiger partial charge in [0.25, 0.3) is 5.91 Å². The van der Waals surface area contributed by atoms with Crippen LogP contribution >= 0.6 is 11.6 Å². The number of amides is 1. The minimum absolute atomic E-state index is 0.147. The van der Waals surface area contributed by atoms with Crippen molar-refractivity contribution in [3.63, 3.8) is 0 Å². The molecular formula is C16H11ClN2O2. The summed E-state index contributed by atoms with van der Waals surface area (Å²) in [5, 5.41) is 7.16. The number of rotatable bonds is 3. The maximum absolute atomic E-state index is 12.1. The van der Waals surface area contributed by atoms with E-state index in [0.717, 1.165) is 5.56 Å². The highest BCUT2D eigenvalue weighted by Gasteiger charge is 2.14. The summed E-state index contributed by atoms with van der Waals surface area (Å²) in [6.45, 7) is 0. The van der Waals surface area contributed by atoms with Crippen molar-refractivity contribution < 1.29 is 9.32 Å². The van der Waals surface area contributed by atoms with Crippen molar-refractivity contribution in [2.45, 2.75) is 0 Å². The fraction of sp³-hybridized carbons (Fsp3) is 0. The van der Waals surface area contributed by atoms with Crippen LogP contribution < -0.4 is 5.32 Å². The smallest absolute Gasteiger partial charge is 0.294 e. The van der Waals surface area contributed by atoms with Gasteiger partial charge in [-0.3, -0.25) is 4.79 Å². The van der Waals surface area contributed by atoms with Crippen LogP contribution in [0.2, 0.25) is 5.02 Å². The van der Waals surface area contributed by atoms with Crippen molar-refractivity contribution in [2.24, 2.45) is 0 Å². The first-order valence-electron chi connectivity index (χ1n) is 6.31. The number of benzene rings is 2. The van der Waals surface area contributed by atoms with Gasteiger partial charge in [-0.1, -0.05) is 53.2 Å². The molecule has 5 heteroatoms. The predicted octanol–water partition coefficient (Wildman–Crippen LogP) is 4.25. The quantitative estimate of drug-likeness (QED) is 0.786. The van der Waals surface area contributed by atoms with E-state index in [4.69, 9.17) is 16.1 Å².